The van der Waals surface area contributed by atoms with Crippen molar-refractivity contribution < 1.29 is 9.53 Å². The Morgan fingerprint density at radius 2 is 2.25 bits per heavy atom. The van der Waals surface area contributed by atoms with Gasteiger partial charge in [0.15, 0.2) is 0 Å². The van der Waals surface area contributed by atoms with Gasteiger partial charge in [-0.05, 0) is 40.6 Å². The molecule has 0 aliphatic heterocycles. The Bertz CT molecular complexity index is 732. The zero-order valence-corrected chi connectivity index (χ0v) is 11.8. The van der Waals surface area contributed by atoms with Gasteiger partial charge in [0.05, 0.1) is 7.11 Å². The molecule has 0 saturated heterocycles. The summed E-state index contributed by atoms with van der Waals surface area (Å²) in [5, 5.41) is 7.91. The minimum absolute atomic E-state index is 0.105. The summed E-state index contributed by atoms with van der Waals surface area (Å²) >= 11 is 1.62. The molecule has 1 amide bonds. The number of fused-ring (bicyclic) bond motifs is 1. The Morgan fingerprint density at radius 1 is 1.35 bits per heavy atom. The number of aromatic nitrogens is 1. The number of thiophene rings is 1. The first kappa shape index (κ1) is 12.7. The number of ether oxygens (including phenoxy) is 1. The second-order valence-electron chi connectivity index (χ2n) is 4.45. The first-order valence-electron chi connectivity index (χ1n) is 6.22. The van der Waals surface area contributed by atoms with Crippen LogP contribution >= 0.6 is 11.3 Å². The van der Waals surface area contributed by atoms with Gasteiger partial charge in [-0.2, -0.15) is 11.3 Å². The monoisotopic (exact) mass is 286 g/mol. The van der Waals surface area contributed by atoms with E-state index in [1.165, 1.54) is 0 Å². The zero-order chi connectivity index (χ0) is 13.9. The molecule has 0 aliphatic rings. The van der Waals surface area contributed by atoms with Crippen molar-refractivity contribution in [3.8, 4) is 5.75 Å². The number of benzene rings is 1. The molecule has 0 aliphatic carbocycles. The number of hydrogen-bond donors (Lipinski definition) is 2. The van der Waals surface area contributed by atoms with Crippen molar-refractivity contribution in [2.45, 2.75) is 6.54 Å². The molecule has 102 valence electrons. The number of carbonyl (C=O) groups excluding carboxylic acids is 1. The summed E-state index contributed by atoms with van der Waals surface area (Å²) < 4.78 is 5.17. The Balaban J connectivity index is 1.77. The molecule has 0 fully saturated rings. The average Bonchev–Trinajstić information content (AvgIpc) is 3.12. The first-order valence-corrected chi connectivity index (χ1v) is 7.16. The zero-order valence-electron chi connectivity index (χ0n) is 11.0. The number of hydrogen-bond acceptors (Lipinski definition) is 3. The van der Waals surface area contributed by atoms with Gasteiger partial charge in [-0.25, -0.2) is 0 Å². The van der Waals surface area contributed by atoms with Crippen LogP contribution in [0.25, 0.3) is 10.9 Å². The fourth-order valence-electron chi connectivity index (χ4n) is 2.03. The van der Waals surface area contributed by atoms with Crippen molar-refractivity contribution >= 4 is 28.1 Å². The lowest BCUT2D eigenvalue weighted by Crippen LogP contribution is -2.22. The fraction of sp³-hybridized carbons (Fsp3) is 0.133. The molecule has 2 heterocycles. The predicted octanol–water partition coefficient (Wildman–Crippen LogP) is 3.17. The highest BCUT2D eigenvalue weighted by atomic mass is 32.1. The van der Waals surface area contributed by atoms with Crippen LogP contribution in [0.2, 0.25) is 0 Å². The summed E-state index contributed by atoms with van der Waals surface area (Å²) in [5.74, 6) is 0.663. The van der Waals surface area contributed by atoms with Crippen molar-refractivity contribution in [2.75, 3.05) is 7.11 Å². The van der Waals surface area contributed by atoms with E-state index in [-0.39, 0.29) is 5.91 Å². The molecule has 0 radical (unpaired) electrons. The minimum atomic E-state index is -0.105. The van der Waals surface area contributed by atoms with Gasteiger partial charge in [0.1, 0.15) is 11.4 Å². The molecule has 1 aromatic carbocycles. The maximum Gasteiger partial charge on any atom is 0.267 e. The van der Waals surface area contributed by atoms with Gasteiger partial charge >= 0.3 is 0 Å². The number of rotatable bonds is 4. The van der Waals surface area contributed by atoms with Crippen molar-refractivity contribution in [2.24, 2.45) is 0 Å². The number of methoxy groups -OCH3 is 1. The molecule has 0 saturated carbocycles. The topological polar surface area (TPSA) is 54.1 Å². The van der Waals surface area contributed by atoms with Crippen LogP contribution in [0.5, 0.6) is 5.75 Å². The van der Waals surface area contributed by atoms with Crippen molar-refractivity contribution in [1.29, 1.82) is 0 Å². The van der Waals surface area contributed by atoms with Crippen molar-refractivity contribution in [3.63, 3.8) is 0 Å². The van der Waals surface area contributed by atoms with Crippen molar-refractivity contribution in [3.05, 3.63) is 52.3 Å². The van der Waals surface area contributed by atoms with Gasteiger partial charge in [0.2, 0.25) is 0 Å². The molecule has 2 aromatic heterocycles. The normalized spacial score (nSPS) is 10.7. The second-order valence-corrected chi connectivity index (χ2v) is 5.23. The Labute approximate surface area is 120 Å². The molecule has 4 nitrogen and oxygen atoms in total. The third kappa shape index (κ3) is 2.53. The van der Waals surface area contributed by atoms with E-state index >= 15 is 0 Å². The van der Waals surface area contributed by atoms with E-state index in [1.807, 2.05) is 41.1 Å². The molecular weight excluding hydrogens is 272 g/mol. The lowest BCUT2D eigenvalue weighted by molar-refractivity contribution is 0.0947. The number of carbonyl (C=O) groups is 1. The number of amides is 1. The molecular formula is C15H14N2O2S. The largest absolute Gasteiger partial charge is 0.497 e. The quantitative estimate of drug-likeness (QED) is 0.774. The van der Waals surface area contributed by atoms with Crippen LogP contribution in [0.1, 0.15) is 16.1 Å². The van der Waals surface area contributed by atoms with Crippen LogP contribution in [0.4, 0.5) is 0 Å². The van der Waals surface area contributed by atoms with Crippen LogP contribution in [0.15, 0.2) is 41.1 Å². The number of aromatic amines is 1. The third-order valence-electron chi connectivity index (χ3n) is 3.11. The van der Waals surface area contributed by atoms with Crippen LogP contribution in [-0.4, -0.2) is 18.0 Å². The number of nitrogens with one attached hydrogen (secondary N) is 2. The van der Waals surface area contributed by atoms with E-state index in [2.05, 4.69) is 10.3 Å². The first-order chi connectivity index (χ1) is 9.76. The summed E-state index contributed by atoms with van der Waals surface area (Å²) in [5.41, 5.74) is 2.56. The van der Waals surface area contributed by atoms with E-state index in [1.54, 1.807) is 18.4 Å². The van der Waals surface area contributed by atoms with E-state index in [0.717, 1.165) is 22.2 Å². The van der Waals surface area contributed by atoms with Gasteiger partial charge in [0.25, 0.3) is 5.91 Å². The SMILES string of the molecule is COc1ccc2cc(C(=O)NCc3ccsc3)[nH]c2c1. The number of H-pyrrole nitrogens is 1. The van der Waals surface area contributed by atoms with Gasteiger partial charge < -0.3 is 15.0 Å². The van der Waals surface area contributed by atoms with Crippen LogP contribution in [-0.2, 0) is 6.54 Å². The maximum absolute atomic E-state index is 12.1. The second kappa shape index (κ2) is 5.38. The molecule has 0 atom stereocenters. The lowest BCUT2D eigenvalue weighted by atomic mass is 10.2. The van der Waals surface area contributed by atoms with Gasteiger partial charge in [-0.1, -0.05) is 0 Å². The summed E-state index contributed by atoms with van der Waals surface area (Å²) in [4.78, 5) is 15.2. The standard InChI is InChI=1S/C15H14N2O2S/c1-19-12-3-2-11-6-14(17-13(11)7-12)15(18)16-8-10-4-5-20-9-10/h2-7,9,17H,8H2,1H3,(H,16,18). The smallest absolute Gasteiger partial charge is 0.267 e. The molecule has 3 rings (SSSR count). The van der Waals surface area contributed by atoms with Crippen LogP contribution in [0, 0.1) is 0 Å². The maximum atomic E-state index is 12.1. The van der Waals surface area contributed by atoms with Crippen LogP contribution < -0.4 is 10.1 Å². The van der Waals surface area contributed by atoms with Gasteiger partial charge in [0, 0.05) is 23.5 Å². The fourth-order valence-corrected chi connectivity index (χ4v) is 2.69. The Morgan fingerprint density at radius 3 is 3.00 bits per heavy atom. The molecule has 2 N–H and O–H groups in total. The highest BCUT2D eigenvalue weighted by Gasteiger charge is 2.09. The molecule has 0 bridgehead atoms. The Hall–Kier alpha value is -2.27. The molecule has 0 spiro atoms. The van der Waals surface area contributed by atoms with Crippen molar-refractivity contribution in [1.82, 2.24) is 10.3 Å². The molecule has 5 heteroatoms. The summed E-state index contributed by atoms with van der Waals surface area (Å²) in [6, 6.07) is 9.53. The average molecular weight is 286 g/mol. The minimum Gasteiger partial charge on any atom is -0.497 e. The summed E-state index contributed by atoms with van der Waals surface area (Å²) in [6.45, 7) is 0.543. The van der Waals surface area contributed by atoms with Gasteiger partial charge in [-0.3, -0.25) is 4.79 Å². The Kier molecular flexibility index (Phi) is 3.43. The van der Waals surface area contributed by atoms with E-state index in [4.69, 9.17) is 4.74 Å². The predicted molar refractivity (Wildman–Crippen MR) is 80.3 cm³/mol. The molecule has 20 heavy (non-hydrogen) atoms. The van der Waals surface area contributed by atoms with Gasteiger partial charge in [-0.15, -0.1) is 0 Å². The third-order valence-corrected chi connectivity index (χ3v) is 3.84. The van der Waals surface area contributed by atoms with E-state index in [0.29, 0.717) is 12.2 Å². The van der Waals surface area contributed by atoms with Crippen LogP contribution in [0.3, 0.4) is 0 Å². The van der Waals surface area contributed by atoms with E-state index in [9.17, 15) is 4.79 Å². The highest BCUT2D eigenvalue weighted by molar-refractivity contribution is 7.07. The molecule has 3 aromatic rings. The lowest BCUT2D eigenvalue weighted by Gasteiger charge is -2.01. The highest BCUT2D eigenvalue weighted by Crippen LogP contribution is 2.21. The summed E-state index contributed by atoms with van der Waals surface area (Å²) in [7, 11) is 1.62. The molecule has 0 unspecified atom stereocenters. The summed E-state index contributed by atoms with van der Waals surface area (Å²) in [6.07, 6.45) is 0. The van der Waals surface area contributed by atoms with E-state index < -0.39 is 0 Å².